The van der Waals surface area contributed by atoms with Crippen LogP contribution in [0.5, 0.6) is 5.75 Å². The van der Waals surface area contributed by atoms with Crippen molar-refractivity contribution in [1.29, 1.82) is 0 Å². The van der Waals surface area contributed by atoms with Gasteiger partial charge in [0.15, 0.2) is 0 Å². The fraction of sp³-hybridized carbons (Fsp3) is 0.143. The third kappa shape index (κ3) is 3.23. The lowest BCUT2D eigenvalue weighted by Crippen LogP contribution is -2.16. The minimum Gasteiger partial charge on any atom is -0.508 e. The van der Waals surface area contributed by atoms with E-state index in [1.807, 2.05) is 0 Å². The molecule has 1 nitrogen and oxygen atoms in total. The maximum Gasteiger partial charge on any atom is 0.282 e. The Kier molecular flexibility index (Phi) is 3.87. The number of thioether (sulfide) groups is 1. The molecule has 0 saturated carbocycles. The van der Waals surface area contributed by atoms with Crippen LogP contribution in [-0.4, -0.2) is 10.9 Å². The number of phenolic OH excluding ortho intramolecular Hbond substituents is 1. The summed E-state index contributed by atoms with van der Waals surface area (Å²) in [6.45, 7) is 0. The van der Waals surface area contributed by atoms with E-state index in [1.54, 1.807) is 30.3 Å². The first-order valence-electron chi connectivity index (χ1n) is 5.43. The number of hydrogen-bond acceptors (Lipinski definition) is 2. The molecule has 4 heteroatoms. The van der Waals surface area contributed by atoms with Crippen molar-refractivity contribution < 1.29 is 13.9 Å². The minimum absolute atomic E-state index is 0.0117. The van der Waals surface area contributed by atoms with Crippen LogP contribution in [0.2, 0.25) is 0 Å². The first-order chi connectivity index (χ1) is 8.58. The maximum atomic E-state index is 13.9. The van der Waals surface area contributed by atoms with Gasteiger partial charge in [0.1, 0.15) is 5.75 Å². The highest BCUT2D eigenvalue weighted by molar-refractivity contribution is 7.99. The summed E-state index contributed by atoms with van der Waals surface area (Å²) in [5, 5.41) is 9.26. The molecule has 0 aliphatic heterocycles. The SMILES string of the molecule is Oc1cccc(SCC(F)(F)c2ccccc2)c1. The molecule has 0 bridgehead atoms. The van der Waals surface area contributed by atoms with Crippen molar-refractivity contribution in [1.82, 2.24) is 0 Å². The molecule has 0 aromatic heterocycles. The van der Waals surface area contributed by atoms with Gasteiger partial charge in [-0.1, -0.05) is 36.4 Å². The Morgan fingerprint density at radius 2 is 1.72 bits per heavy atom. The number of benzene rings is 2. The summed E-state index contributed by atoms with van der Waals surface area (Å²) in [7, 11) is 0. The van der Waals surface area contributed by atoms with Gasteiger partial charge < -0.3 is 5.11 Å². The number of rotatable bonds is 4. The summed E-state index contributed by atoms with van der Waals surface area (Å²) < 4.78 is 27.7. The maximum absolute atomic E-state index is 13.9. The van der Waals surface area contributed by atoms with E-state index in [4.69, 9.17) is 0 Å². The predicted molar refractivity (Wildman–Crippen MR) is 69.2 cm³/mol. The summed E-state index contributed by atoms with van der Waals surface area (Å²) in [6.07, 6.45) is 0. The van der Waals surface area contributed by atoms with E-state index < -0.39 is 5.92 Å². The normalized spacial score (nSPS) is 11.4. The van der Waals surface area contributed by atoms with E-state index in [-0.39, 0.29) is 17.1 Å². The lowest BCUT2D eigenvalue weighted by atomic mass is 10.1. The summed E-state index contributed by atoms with van der Waals surface area (Å²) in [4.78, 5) is 0.630. The van der Waals surface area contributed by atoms with Crippen LogP contribution >= 0.6 is 11.8 Å². The lowest BCUT2D eigenvalue weighted by Gasteiger charge is -2.16. The molecular formula is C14H12F2OS. The van der Waals surface area contributed by atoms with Crippen LogP contribution in [0.15, 0.2) is 59.5 Å². The molecule has 18 heavy (non-hydrogen) atoms. The van der Waals surface area contributed by atoms with Crippen molar-refractivity contribution >= 4 is 11.8 Å². The van der Waals surface area contributed by atoms with Crippen LogP contribution in [-0.2, 0) is 5.92 Å². The minimum atomic E-state index is -2.88. The van der Waals surface area contributed by atoms with Gasteiger partial charge in [-0.05, 0) is 18.2 Å². The quantitative estimate of drug-likeness (QED) is 0.834. The zero-order chi connectivity index (χ0) is 13.0. The number of alkyl halides is 2. The van der Waals surface area contributed by atoms with Crippen LogP contribution in [0.25, 0.3) is 0 Å². The van der Waals surface area contributed by atoms with E-state index in [1.165, 1.54) is 24.3 Å². The highest BCUT2D eigenvalue weighted by Gasteiger charge is 2.31. The molecule has 0 aliphatic carbocycles. The molecule has 0 saturated heterocycles. The topological polar surface area (TPSA) is 20.2 Å². The smallest absolute Gasteiger partial charge is 0.282 e. The van der Waals surface area contributed by atoms with E-state index >= 15 is 0 Å². The second-order valence-electron chi connectivity index (χ2n) is 3.86. The Hall–Kier alpha value is -1.55. The Morgan fingerprint density at radius 1 is 1.00 bits per heavy atom. The fourth-order valence-electron chi connectivity index (χ4n) is 1.51. The summed E-state index contributed by atoms with van der Waals surface area (Å²) in [5.41, 5.74) is 0.0117. The zero-order valence-electron chi connectivity index (χ0n) is 9.51. The second-order valence-corrected chi connectivity index (χ2v) is 4.91. The van der Waals surface area contributed by atoms with E-state index in [9.17, 15) is 13.9 Å². The third-order valence-electron chi connectivity index (χ3n) is 2.43. The van der Waals surface area contributed by atoms with Crippen molar-refractivity contribution in [3.63, 3.8) is 0 Å². The number of phenols is 1. The molecule has 0 fully saturated rings. The first-order valence-corrected chi connectivity index (χ1v) is 6.42. The standard InChI is InChI=1S/C14H12F2OS/c15-14(16,11-5-2-1-3-6-11)10-18-13-8-4-7-12(17)9-13/h1-9,17H,10H2. The molecule has 2 rings (SSSR count). The van der Waals surface area contributed by atoms with Crippen LogP contribution in [0, 0.1) is 0 Å². The highest BCUT2D eigenvalue weighted by Crippen LogP contribution is 2.35. The molecule has 0 atom stereocenters. The Labute approximate surface area is 108 Å². The Morgan fingerprint density at radius 3 is 2.39 bits per heavy atom. The number of halogens is 2. The molecule has 2 aromatic carbocycles. The van der Waals surface area contributed by atoms with Gasteiger partial charge >= 0.3 is 0 Å². The molecule has 0 aliphatic rings. The summed E-state index contributed by atoms with van der Waals surface area (Å²) >= 11 is 1.03. The predicted octanol–water partition coefficient (Wildman–Crippen LogP) is 4.28. The lowest BCUT2D eigenvalue weighted by molar-refractivity contribution is 0.0232. The van der Waals surface area contributed by atoms with Crippen molar-refractivity contribution in [2.75, 3.05) is 5.75 Å². The second kappa shape index (κ2) is 5.40. The monoisotopic (exact) mass is 266 g/mol. The third-order valence-corrected chi connectivity index (χ3v) is 3.53. The molecule has 0 heterocycles. The summed E-state index contributed by atoms with van der Waals surface area (Å²) in [5.74, 6) is -3.14. The summed E-state index contributed by atoms with van der Waals surface area (Å²) in [6, 6.07) is 14.1. The van der Waals surface area contributed by atoms with Crippen LogP contribution in [0.1, 0.15) is 5.56 Å². The fourth-order valence-corrected chi connectivity index (χ4v) is 2.41. The van der Waals surface area contributed by atoms with Gasteiger partial charge in [-0.3, -0.25) is 0 Å². The van der Waals surface area contributed by atoms with Gasteiger partial charge in [-0.15, -0.1) is 11.8 Å². The Bertz CT molecular complexity index is 514. The van der Waals surface area contributed by atoms with E-state index in [0.29, 0.717) is 4.90 Å². The zero-order valence-corrected chi connectivity index (χ0v) is 10.3. The average Bonchev–Trinajstić information content (AvgIpc) is 2.38. The van der Waals surface area contributed by atoms with Gasteiger partial charge in [0, 0.05) is 10.5 Å². The average molecular weight is 266 g/mol. The molecule has 2 aromatic rings. The molecule has 0 spiro atoms. The van der Waals surface area contributed by atoms with Crippen molar-refractivity contribution in [3.05, 3.63) is 60.2 Å². The van der Waals surface area contributed by atoms with E-state index in [0.717, 1.165) is 11.8 Å². The van der Waals surface area contributed by atoms with Gasteiger partial charge in [0.2, 0.25) is 0 Å². The van der Waals surface area contributed by atoms with Crippen LogP contribution in [0.3, 0.4) is 0 Å². The van der Waals surface area contributed by atoms with Crippen molar-refractivity contribution in [2.45, 2.75) is 10.8 Å². The molecular weight excluding hydrogens is 254 g/mol. The molecule has 0 amide bonds. The number of aromatic hydroxyl groups is 1. The van der Waals surface area contributed by atoms with E-state index in [2.05, 4.69) is 0 Å². The van der Waals surface area contributed by atoms with Gasteiger partial charge in [-0.2, -0.15) is 0 Å². The van der Waals surface area contributed by atoms with Crippen LogP contribution < -0.4 is 0 Å². The van der Waals surface area contributed by atoms with Gasteiger partial charge in [0.05, 0.1) is 5.75 Å². The number of hydrogen-bond donors (Lipinski definition) is 1. The van der Waals surface area contributed by atoms with Crippen molar-refractivity contribution in [2.24, 2.45) is 0 Å². The van der Waals surface area contributed by atoms with Gasteiger partial charge in [0.25, 0.3) is 5.92 Å². The molecule has 0 unspecified atom stereocenters. The highest BCUT2D eigenvalue weighted by atomic mass is 32.2. The first kappa shape index (κ1) is 12.9. The molecule has 0 radical (unpaired) electrons. The Balaban J connectivity index is 2.05. The molecule has 94 valence electrons. The van der Waals surface area contributed by atoms with Crippen LogP contribution in [0.4, 0.5) is 8.78 Å². The molecule has 1 N–H and O–H groups in total. The van der Waals surface area contributed by atoms with Crippen molar-refractivity contribution in [3.8, 4) is 5.75 Å². The van der Waals surface area contributed by atoms with Gasteiger partial charge in [-0.25, -0.2) is 8.78 Å². The largest absolute Gasteiger partial charge is 0.508 e.